The first-order valence-electron chi connectivity index (χ1n) is 7.22. The molecule has 0 unspecified atom stereocenters. The van der Waals surface area contributed by atoms with E-state index in [0.717, 1.165) is 12.2 Å². The lowest BCUT2D eigenvalue weighted by Crippen LogP contribution is -2.39. The van der Waals surface area contributed by atoms with Gasteiger partial charge in [-0.05, 0) is 33.0 Å². The Labute approximate surface area is 127 Å². The molecule has 1 aromatic heterocycles. The number of hydrogen-bond donors (Lipinski definition) is 2. The molecule has 1 rings (SSSR count). The van der Waals surface area contributed by atoms with Gasteiger partial charge >= 0.3 is 0 Å². The number of carbonyl (C=O) groups excluding carboxylic acids is 1. The van der Waals surface area contributed by atoms with Crippen molar-refractivity contribution >= 4 is 11.6 Å². The summed E-state index contributed by atoms with van der Waals surface area (Å²) >= 11 is 0. The molecule has 0 radical (unpaired) electrons. The van der Waals surface area contributed by atoms with E-state index in [-0.39, 0.29) is 5.91 Å². The summed E-state index contributed by atoms with van der Waals surface area (Å²) in [5.41, 5.74) is 4.55. The van der Waals surface area contributed by atoms with Crippen LogP contribution in [0.15, 0.2) is 12.3 Å². The van der Waals surface area contributed by atoms with Crippen molar-refractivity contribution in [2.45, 2.75) is 20.8 Å². The number of carbonyl (C=O) groups is 1. The number of nitrogens with one attached hydrogen (secondary N) is 1. The number of likely N-dealkylation sites (N-methyl/N-ethyl adjacent to an activating group) is 1. The Bertz CT molecular complexity index is 473. The van der Waals surface area contributed by atoms with Gasteiger partial charge in [-0.1, -0.05) is 13.8 Å². The summed E-state index contributed by atoms with van der Waals surface area (Å²) in [5, 5.41) is 0. The molecule has 1 aromatic rings. The lowest BCUT2D eigenvalue weighted by molar-refractivity contribution is 0.0725. The fourth-order valence-electron chi connectivity index (χ4n) is 2.06. The SMILES string of the molecule is Cc1cc(NN)c(C(=O)N(CCN(C)C)CC(C)C)cn1. The molecule has 0 aliphatic rings. The minimum atomic E-state index is -0.0361. The van der Waals surface area contributed by atoms with Crippen molar-refractivity contribution in [2.24, 2.45) is 11.8 Å². The number of nitrogen functional groups attached to an aromatic ring is 1. The minimum absolute atomic E-state index is 0.0361. The van der Waals surface area contributed by atoms with Crippen molar-refractivity contribution in [3.8, 4) is 0 Å². The van der Waals surface area contributed by atoms with Gasteiger partial charge in [-0.15, -0.1) is 0 Å². The van der Waals surface area contributed by atoms with Gasteiger partial charge < -0.3 is 15.2 Å². The molecule has 0 atom stereocenters. The van der Waals surface area contributed by atoms with Crippen LogP contribution in [0.25, 0.3) is 0 Å². The van der Waals surface area contributed by atoms with Crippen molar-refractivity contribution in [3.05, 3.63) is 23.5 Å². The van der Waals surface area contributed by atoms with Gasteiger partial charge in [-0.25, -0.2) is 0 Å². The summed E-state index contributed by atoms with van der Waals surface area (Å²) in [6, 6.07) is 1.78. The van der Waals surface area contributed by atoms with Crippen LogP contribution in [-0.4, -0.2) is 54.4 Å². The molecule has 6 nitrogen and oxygen atoms in total. The maximum atomic E-state index is 12.8. The highest BCUT2D eigenvalue weighted by molar-refractivity contribution is 5.99. The topological polar surface area (TPSA) is 74.5 Å². The number of nitrogens with zero attached hydrogens (tertiary/aromatic N) is 3. The van der Waals surface area contributed by atoms with Crippen LogP contribution in [0, 0.1) is 12.8 Å². The van der Waals surface area contributed by atoms with E-state index in [1.165, 1.54) is 0 Å². The van der Waals surface area contributed by atoms with Crippen LogP contribution in [-0.2, 0) is 0 Å². The van der Waals surface area contributed by atoms with E-state index in [1.807, 2.05) is 25.9 Å². The Morgan fingerprint density at radius 2 is 2.05 bits per heavy atom. The molecule has 6 heteroatoms. The summed E-state index contributed by atoms with van der Waals surface area (Å²) in [6.07, 6.45) is 1.59. The average Bonchev–Trinajstić information content (AvgIpc) is 2.42. The average molecular weight is 293 g/mol. The van der Waals surface area contributed by atoms with E-state index in [2.05, 4.69) is 29.2 Å². The van der Waals surface area contributed by atoms with Gasteiger partial charge in [0.25, 0.3) is 5.91 Å². The zero-order valence-electron chi connectivity index (χ0n) is 13.7. The standard InChI is InChI=1S/C15H27N5O/c1-11(2)10-20(7-6-19(4)5)15(21)13-9-17-12(3)8-14(13)18-16/h8-9,11H,6-7,10,16H2,1-5H3,(H,17,18). The van der Waals surface area contributed by atoms with E-state index in [0.29, 0.717) is 30.3 Å². The maximum Gasteiger partial charge on any atom is 0.257 e. The van der Waals surface area contributed by atoms with E-state index >= 15 is 0 Å². The normalized spacial score (nSPS) is 11.0. The van der Waals surface area contributed by atoms with Crippen LogP contribution < -0.4 is 11.3 Å². The lowest BCUT2D eigenvalue weighted by atomic mass is 10.1. The Balaban J connectivity index is 2.98. The van der Waals surface area contributed by atoms with Crippen LogP contribution >= 0.6 is 0 Å². The Hall–Kier alpha value is -1.66. The molecule has 0 saturated carbocycles. The minimum Gasteiger partial charge on any atom is -0.337 e. The smallest absolute Gasteiger partial charge is 0.257 e. The van der Waals surface area contributed by atoms with Crippen molar-refractivity contribution in [2.75, 3.05) is 39.2 Å². The lowest BCUT2D eigenvalue weighted by Gasteiger charge is -2.26. The van der Waals surface area contributed by atoms with Crippen LogP contribution in [0.2, 0.25) is 0 Å². The molecule has 0 aromatic carbocycles. The molecule has 0 spiro atoms. The first-order chi connectivity index (χ1) is 9.85. The predicted octanol–water partition coefficient (Wildman–Crippen LogP) is 1.34. The maximum absolute atomic E-state index is 12.8. The summed E-state index contributed by atoms with van der Waals surface area (Å²) < 4.78 is 0. The Kier molecular flexibility index (Phi) is 6.58. The molecule has 0 bridgehead atoms. The van der Waals surface area contributed by atoms with Gasteiger partial charge in [0.05, 0.1) is 11.3 Å². The number of hydrazine groups is 1. The number of amides is 1. The molecule has 1 heterocycles. The highest BCUT2D eigenvalue weighted by atomic mass is 16.2. The third-order valence-corrected chi connectivity index (χ3v) is 3.12. The van der Waals surface area contributed by atoms with Gasteiger partial charge in [0.2, 0.25) is 0 Å². The number of pyridine rings is 1. The van der Waals surface area contributed by atoms with Gasteiger partial charge in [-0.2, -0.15) is 0 Å². The fourth-order valence-corrected chi connectivity index (χ4v) is 2.06. The second kappa shape index (κ2) is 7.95. The van der Waals surface area contributed by atoms with Gasteiger partial charge in [0, 0.05) is 31.5 Å². The number of aryl methyl sites for hydroxylation is 1. The predicted molar refractivity (Wildman–Crippen MR) is 86.1 cm³/mol. The van der Waals surface area contributed by atoms with Crippen molar-refractivity contribution in [3.63, 3.8) is 0 Å². The van der Waals surface area contributed by atoms with Gasteiger partial charge in [0.15, 0.2) is 0 Å². The Morgan fingerprint density at radius 3 is 2.57 bits per heavy atom. The molecule has 1 amide bonds. The number of aromatic nitrogens is 1. The van der Waals surface area contributed by atoms with Crippen molar-refractivity contribution in [1.82, 2.24) is 14.8 Å². The van der Waals surface area contributed by atoms with Crippen molar-refractivity contribution < 1.29 is 4.79 Å². The summed E-state index contributed by atoms with van der Waals surface area (Å²) in [4.78, 5) is 20.9. The van der Waals surface area contributed by atoms with Gasteiger partial charge in [-0.3, -0.25) is 15.6 Å². The second-order valence-corrected chi connectivity index (χ2v) is 5.96. The van der Waals surface area contributed by atoms with Crippen LogP contribution in [0.4, 0.5) is 5.69 Å². The quantitative estimate of drug-likeness (QED) is 0.586. The highest BCUT2D eigenvalue weighted by Gasteiger charge is 2.20. The monoisotopic (exact) mass is 293 g/mol. The second-order valence-electron chi connectivity index (χ2n) is 5.96. The summed E-state index contributed by atoms with van der Waals surface area (Å²) in [7, 11) is 4.00. The van der Waals surface area contributed by atoms with E-state index in [4.69, 9.17) is 5.84 Å². The summed E-state index contributed by atoms with van der Waals surface area (Å²) in [6.45, 7) is 8.29. The largest absolute Gasteiger partial charge is 0.337 e. The first-order valence-corrected chi connectivity index (χ1v) is 7.22. The fraction of sp³-hybridized carbons (Fsp3) is 0.600. The van der Waals surface area contributed by atoms with Crippen LogP contribution in [0.3, 0.4) is 0 Å². The highest BCUT2D eigenvalue weighted by Crippen LogP contribution is 2.17. The molecule has 0 saturated heterocycles. The number of anilines is 1. The molecular weight excluding hydrogens is 266 g/mol. The van der Waals surface area contributed by atoms with E-state index < -0.39 is 0 Å². The summed E-state index contributed by atoms with van der Waals surface area (Å²) in [5.74, 6) is 5.89. The molecule has 118 valence electrons. The zero-order valence-corrected chi connectivity index (χ0v) is 13.7. The third-order valence-electron chi connectivity index (χ3n) is 3.12. The first kappa shape index (κ1) is 17.4. The Morgan fingerprint density at radius 1 is 1.38 bits per heavy atom. The van der Waals surface area contributed by atoms with Crippen molar-refractivity contribution in [1.29, 1.82) is 0 Å². The van der Waals surface area contributed by atoms with E-state index in [1.54, 1.807) is 12.3 Å². The van der Waals surface area contributed by atoms with E-state index in [9.17, 15) is 4.79 Å². The van der Waals surface area contributed by atoms with Crippen LogP contribution in [0.1, 0.15) is 29.9 Å². The molecular formula is C15H27N5O. The van der Waals surface area contributed by atoms with Crippen LogP contribution in [0.5, 0.6) is 0 Å². The number of nitrogens with two attached hydrogens (primary N) is 1. The molecule has 0 aliphatic heterocycles. The zero-order chi connectivity index (χ0) is 16.0. The van der Waals surface area contributed by atoms with Gasteiger partial charge in [0.1, 0.15) is 0 Å². The number of hydrogen-bond acceptors (Lipinski definition) is 5. The third kappa shape index (κ3) is 5.32. The molecule has 21 heavy (non-hydrogen) atoms. The number of rotatable bonds is 7. The molecule has 3 N–H and O–H groups in total. The molecule has 0 fully saturated rings. The molecule has 0 aliphatic carbocycles.